The minimum atomic E-state index is -0.994. The Kier molecular flexibility index (Phi) is 2.80. The maximum atomic E-state index is 9.26. The molecule has 0 radical (unpaired) electrons. The van der Waals surface area contributed by atoms with Gasteiger partial charge in [-0.3, -0.25) is 0 Å². The Morgan fingerprint density at radius 2 is 2.09 bits per heavy atom. The third-order valence-electron chi connectivity index (χ3n) is 1.86. The van der Waals surface area contributed by atoms with Crippen LogP contribution in [-0.2, 0) is 4.74 Å². The van der Waals surface area contributed by atoms with E-state index in [9.17, 15) is 5.11 Å². The van der Waals surface area contributed by atoms with E-state index >= 15 is 0 Å². The van der Waals surface area contributed by atoms with Gasteiger partial charge in [-0.2, -0.15) is 0 Å². The van der Waals surface area contributed by atoms with Crippen molar-refractivity contribution >= 4 is 0 Å². The molecule has 4 atom stereocenters. The van der Waals surface area contributed by atoms with Crippen LogP contribution in [0.5, 0.6) is 0 Å². The maximum absolute atomic E-state index is 9.26. The van der Waals surface area contributed by atoms with Crippen LogP contribution in [0.2, 0.25) is 0 Å². The molecule has 5 heteroatoms. The molecule has 11 heavy (non-hydrogen) atoms. The molecule has 1 aliphatic rings. The first-order valence-corrected chi connectivity index (χ1v) is 3.62. The topological polar surface area (TPSA) is 102 Å². The number of rotatable bonds is 1. The van der Waals surface area contributed by atoms with Gasteiger partial charge in [-0.25, -0.2) is 0 Å². The standard InChI is InChI=1S/C6H14N2O3/c7-2-5-4(9)1-3(8)6(10)11-5/h3-6,9-10H,1-2,7-8H2/t3-,4+,5+,6+/m1/s1. The summed E-state index contributed by atoms with van der Waals surface area (Å²) in [6.45, 7) is 0.199. The van der Waals surface area contributed by atoms with E-state index < -0.39 is 24.5 Å². The molecule has 1 rings (SSSR count). The summed E-state index contributed by atoms with van der Waals surface area (Å²) in [5, 5.41) is 18.3. The number of ether oxygens (including phenoxy) is 1. The van der Waals surface area contributed by atoms with Crippen molar-refractivity contribution in [1.29, 1.82) is 0 Å². The fraction of sp³-hybridized carbons (Fsp3) is 1.00. The van der Waals surface area contributed by atoms with E-state index in [-0.39, 0.29) is 6.54 Å². The lowest BCUT2D eigenvalue weighted by molar-refractivity contribution is -0.204. The molecule has 1 aliphatic heterocycles. The average Bonchev–Trinajstić information content (AvgIpc) is 1.97. The van der Waals surface area contributed by atoms with Gasteiger partial charge in [0.25, 0.3) is 0 Å². The molecule has 5 nitrogen and oxygen atoms in total. The first kappa shape index (κ1) is 8.89. The van der Waals surface area contributed by atoms with E-state index in [1.165, 1.54) is 0 Å². The van der Waals surface area contributed by atoms with Crippen LogP contribution in [-0.4, -0.2) is 41.3 Å². The highest BCUT2D eigenvalue weighted by Crippen LogP contribution is 2.16. The van der Waals surface area contributed by atoms with Gasteiger partial charge in [-0.15, -0.1) is 0 Å². The lowest BCUT2D eigenvalue weighted by Crippen LogP contribution is -2.53. The zero-order valence-electron chi connectivity index (χ0n) is 6.18. The van der Waals surface area contributed by atoms with Gasteiger partial charge in [0, 0.05) is 6.54 Å². The normalized spacial score (nSPS) is 45.8. The van der Waals surface area contributed by atoms with Crippen LogP contribution in [0, 0.1) is 0 Å². The number of hydrogen-bond acceptors (Lipinski definition) is 5. The van der Waals surface area contributed by atoms with E-state index in [0.717, 1.165) is 0 Å². The molecule has 1 heterocycles. The summed E-state index contributed by atoms with van der Waals surface area (Å²) in [6.07, 6.45) is -1.79. The molecule has 1 fully saturated rings. The highest BCUT2D eigenvalue weighted by molar-refractivity contribution is 4.82. The molecule has 0 spiro atoms. The molecule has 0 aromatic heterocycles. The van der Waals surface area contributed by atoms with Crippen molar-refractivity contribution in [3.63, 3.8) is 0 Å². The molecule has 0 amide bonds. The van der Waals surface area contributed by atoms with Gasteiger partial charge in [0.05, 0.1) is 18.2 Å². The fourth-order valence-electron chi connectivity index (χ4n) is 1.13. The van der Waals surface area contributed by atoms with Gasteiger partial charge in [-0.1, -0.05) is 0 Å². The molecule has 66 valence electrons. The van der Waals surface area contributed by atoms with Crippen molar-refractivity contribution in [2.45, 2.75) is 31.0 Å². The molecule has 0 aliphatic carbocycles. The van der Waals surface area contributed by atoms with E-state index in [1.807, 2.05) is 0 Å². The molecular weight excluding hydrogens is 148 g/mol. The predicted molar refractivity (Wildman–Crippen MR) is 38.5 cm³/mol. The third-order valence-corrected chi connectivity index (χ3v) is 1.86. The van der Waals surface area contributed by atoms with Gasteiger partial charge >= 0.3 is 0 Å². The summed E-state index contributed by atoms with van der Waals surface area (Å²) in [6, 6.07) is -0.507. The lowest BCUT2D eigenvalue weighted by atomic mass is 10.0. The molecule has 0 aromatic carbocycles. The first-order valence-electron chi connectivity index (χ1n) is 3.62. The average molecular weight is 162 g/mol. The lowest BCUT2D eigenvalue weighted by Gasteiger charge is -2.34. The van der Waals surface area contributed by atoms with Crippen molar-refractivity contribution in [2.24, 2.45) is 11.5 Å². The molecule has 6 N–H and O–H groups in total. The Bertz CT molecular complexity index is 133. The summed E-state index contributed by atoms with van der Waals surface area (Å²) >= 11 is 0. The zero-order chi connectivity index (χ0) is 8.43. The van der Waals surface area contributed by atoms with E-state index in [4.69, 9.17) is 21.3 Å². The van der Waals surface area contributed by atoms with Crippen LogP contribution < -0.4 is 11.5 Å². The van der Waals surface area contributed by atoms with Crippen molar-refractivity contribution in [1.82, 2.24) is 0 Å². The van der Waals surface area contributed by atoms with Crippen LogP contribution in [0.15, 0.2) is 0 Å². The number of hydrogen-bond donors (Lipinski definition) is 4. The minimum absolute atomic E-state index is 0.199. The summed E-state index contributed by atoms with van der Waals surface area (Å²) in [5.74, 6) is 0. The molecular formula is C6H14N2O3. The highest BCUT2D eigenvalue weighted by atomic mass is 16.6. The van der Waals surface area contributed by atoms with Gasteiger partial charge in [-0.05, 0) is 6.42 Å². The monoisotopic (exact) mass is 162 g/mol. The van der Waals surface area contributed by atoms with Gasteiger partial charge in [0.2, 0.25) is 0 Å². The van der Waals surface area contributed by atoms with E-state index in [1.54, 1.807) is 0 Å². The summed E-state index contributed by atoms with van der Waals surface area (Å²) < 4.78 is 4.92. The van der Waals surface area contributed by atoms with E-state index in [0.29, 0.717) is 6.42 Å². The SMILES string of the molecule is NC[C@@H]1O[C@H](O)[C@H](N)C[C@@H]1O. The van der Waals surface area contributed by atoms with Gasteiger partial charge < -0.3 is 26.4 Å². The van der Waals surface area contributed by atoms with Crippen LogP contribution in [0.25, 0.3) is 0 Å². The number of nitrogens with two attached hydrogens (primary N) is 2. The molecule has 0 aromatic rings. The molecule has 1 saturated heterocycles. The fourth-order valence-corrected chi connectivity index (χ4v) is 1.13. The quantitative estimate of drug-likeness (QED) is 0.348. The largest absolute Gasteiger partial charge is 0.390 e. The Balaban J connectivity index is 2.48. The van der Waals surface area contributed by atoms with Crippen molar-refractivity contribution in [3.8, 4) is 0 Å². The van der Waals surface area contributed by atoms with E-state index in [2.05, 4.69) is 0 Å². The number of aliphatic hydroxyl groups is 2. The Labute approximate surface area is 64.9 Å². The third kappa shape index (κ3) is 1.88. The summed E-state index contributed by atoms with van der Waals surface area (Å²) in [7, 11) is 0. The van der Waals surface area contributed by atoms with Crippen molar-refractivity contribution in [2.75, 3.05) is 6.54 Å². The summed E-state index contributed by atoms with van der Waals surface area (Å²) in [5.41, 5.74) is 10.7. The Morgan fingerprint density at radius 3 is 2.64 bits per heavy atom. The second-order valence-electron chi connectivity index (χ2n) is 2.77. The smallest absolute Gasteiger partial charge is 0.170 e. The summed E-state index contributed by atoms with van der Waals surface area (Å²) in [4.78, 5) is 0. The predicted octanol–water partition coefficient (Wildman–Crippen LogP) is -2.26. The first-order chi connectivity index (χ1) is 5.15. The highest BCUT2D eigenvalue weighted by Gasteiger charge is 2.33. The van der Waals surface area contributed by atoms with Gasteiger partial charge in [0.1, 0.15) is 0 Å². The van der Waals surface area contributed by atoms with Crippen LogP contribution in [0.3, 0.4) is 0 Å². The second kappa shape index (κ2) is 3.46. The van der Waals surface area contributed by atoms with Crippen LogP contribution >= 0.6 is 0 Å². The zero-order valence-corrected chi connectivity index (χ0v) is 6.18. The Hall–Kier alpha value is -0.200. The van der Waals surface area contributed by atoms with Crippen molar-refractivity contribution < 1.29 is 14.9 Å². The second-order valence-corrected chi connectivity index (χ2v) is 2.77. The maximum Gasteiger partial charge on any atom is 0.170 e. The van der Waals surface area contributed by atoms with Crippen LogP contribution in [0.4, 0.5) is 0 Å². The van der Waals surface area contributed by atoms with Crippen molar-refractivity contribution in [3.05, 3.63) is 0 Å². The molecule has 0 saturated carbocycles. The van der Waals surface area contributed by atoms with Crippen LogP contribution in [0.1, 0.15) is 6.42 Å². The molecule has 0 bridgehead atoms. The molecule has 0 unspecified atom stereocenters. The minimum Gasteiger partial charge on any atom is -0.390 e. The Morgan fingerprint density at radius 1 is 1.45 bits per heavy atom. The number of aliphatic hydroxyl groups excluding tert-OH is 2. The van der Waals surface area contributed by atoms with Gasteiger partial charge in [0.15, 0.2) is 6.29 Å².